The molecule has 7 nitrogen and oxygen atoms in total. The number of benzene rings is 1. The van der Waals surface area contributed by atoms with E-state index in [0.29, 0.717) is 53.1 Å². The van der Waals surface area contributed by atoms with E-state index in [4.69, 9.17) is 16.3 Å². The van der Waals surface area contributed by atoms with E-state index in [2.05, 4.69) is 20.3 Å². The number of nitrogens with one attached hydrogen (secondary N) is 1. The first-order valence-electron chi connectivity index (χ1n) is 10.5. The number of halogens is 2. The summed E-state index contributed by atoms with van der Waals surface area (Å²) in [6, 6.07) is 3.00. The molecular formula is C22H24ClFN4O3. The highest BCUT2D eigenvalue weighted by molar-refractivity contribution is 6.33. The number of nitrogens with zero attached hydrogens (tertiary/aromatic N) is 3. The van der Waals surface area contributed by atoms with Crippen LogP contribution in [0, 0.1) is 5.82 Å². The molecule has 3 aliphatic rings. The molecule has 0 bridgehead atoms. The summed E-state index contributed by atoms with van der Waals surface area (Å²) >= 11 is 6.37. The highest BCUT2D eigenvalue weighted by Gasteiger charge is 2.42. The van der Waals surface area contributed by atoms with Crippen LogP contribution < -0.4 is 5.32 Å². The predicted molar refractivity (Wildman–Crippen MR) is 116 cm³/mol. The van der Waals surface area contributed by atoms with Gasteiger partial charge >= 0.3 is 0 Å². The summed E-state index contributed by atoms with van der Waals surface area (Å²) < 4.78 is 20.3. The number of hydrogen-bond donors (Lipinski definition) is 3. The number of aliphatic hydroxyl groups is 2. The molecule has 0 radical (unpaired) electrons. The fourth-order valence-electron chi connectivity index (χ4n) is 4.75. The minimum atomic E-state index is -1.03. The number of aromatic nitrogens is 2. The van der Waals surface area contributed by atoms with Gasteiger partial charge in [0.05, 0.1) is 41.4 Å². The Bertz CT molecular complexity index is 1060. The summed E-state index contributed by atoms with van der Waals surface area (Å²) in [5, 5.41) is 24.3. The highest BCUT2D eigenvalue weighted by Crippen LogP contribution is 2.48. The normalized spacial score (nSPS) is 29.8. The summed E-state index contributed by atoms with van der Waals surface area (Å²) in [6.45, 7) is 2.53. The van der Waals surface area contributed by atoms with Crippen LogP contribution in [0.15, 0.2) is 23.3 Å². The zero-order valence-electron chi connectivity index (χ0n) is 17.1. The Labute approximate surface area is 184 Å². The Morgan fingerprint density at radius 1 is 1.32 bits per heavy atom. The fourth-order valence-corrected chi connectivity index (χ4v) is 4.95. The summed E-state index contributed by atoms with van der Waals surface area (Å²) in [4.78, 5) is 13.2. The molecule has 2 aromatic rings. The van der Waals surface area contributed by atoms with E-state index in [0.717, 1.165) is 18.4 Å². The van der Waals surface area contributed by atoms with Crippen molar-refractivity contribution in [3.63, 3.8) is 0 Å². The number of anilines is 1. The van der Waals surface area contributed by atoms with Crippen LogP contribution >= 0.6 is 11.6 Å². The molecule has 0 amide bonds. The lowest BCUT2D eigenvalue weighted by Gasteiger charge is -2.33. The van der Waals surface area contributed by atoms with Gasteiger partial charge in [-0.05, 0) is 50.3 Å². The first-order valence-corrected chi connectivity index (χ1v) is 10.9. The maximum Gasteiger partial charge on any atom is 0.223 e. The first kappa shape index (κ1) is 20.8. The number of ether oxygens (including phenoxy) is 1. The van der Waals surface area contributed by atoms with Gasteiger partial charge in [0, 0.05) is 18.1 Å². The molecule has 2 fully saturated rings. The second kappa shape index (κ2) is 7.78. The van der Waals surface area contributed by atoms with Crippen LogP contribution in [0.1, 0.15) is 44.1 Å². The van der Waals surface area contributed by atoms with Gasteiger partial charge in [0.15, 0.2) is 0 Å². The van der Waals surface area contributed by atoms with Crippen LogP contribution in [0.2, 0.25) is 5.02 Å². The third-order valence-electron chi connectivity index (χ3n) is 6.40. The van der Waals surface area contributed by atoms with Crippen molar-refractivity contribution >= 4 is 28.9 Å². The molecule has 3 N–H and O–H groups in total. The Morgan fingerprint density at radius 3 is 2.97 bits per heavy atom. The summed E-state index contributed by atoms with van der Waals surface area (Å²) in [7, 11) is 0. The van der Waals surface area contributed by atoms with Crippen molar-refractivity contribution in [2.75, 3.05) is 18.5 Å². The molecular weight excluding hydrogens is 423 g/mol. The molecule has 5 rings (SSSR count). The van der Waals surface area contributed by atoms with Gasteiger partial charge in [-0.2, -0.15) is 0 Å². The lowest BCUT2D eigenvalue weighted by atomic mass is 9.75. The van der Waals surface area contributed by atoms with Gasteiger partial charge in [0.25, 0.3) is 0 Å². The van der Waals surface area contributed by atoms with Crippen LogP contribution in [0.25, 0.3) is 11.3 Å². The van der Waals surface area contributed by atoms with Crippen molar-refractivity contribution in [2.45, 2.75) is 56.3 Å². The van der Waals surface area contributed by atoms with Crippen molar-refractivity contribution in [1.29, 1.82) is 0 Å². The summed E-state index contributed by atoms with van der Waals surface area (Å²) in [6.07, 6.45) is 3.71. The number of hydrogen-bond acceptors (Lipinski definition) is 7. The van der Waals surface area contributed by atoms with E-state index in [1.54, 1.807) is 6.92 Å². The Kier molecular flexibility index (Phi) is 5.21. The molecule has 164 valence electrons. The average Bonchev–Trinajstić information content (AvgIpc) is 3.12. The van der Waals surface area contributed by atoms with Gasteiger partial charge in [0.2, 0.25) is 5.95 Å². The third-order valence-corrected chi connectivity index (χ3v) is 6.67. The van der Waals surface area contributed by atoms with Crippen molar-refractivity contribution < 1.29 is 19.3 Å². The van der Waals surface area contributed by atoms with E-state index in [9.17, 15) is 10.2 Å². The predicted octanol–water partition coefficient (Wildman–Crippen LogP) is 3.60. The van der Waals surface area contributed by atoms with Gasteiger partial charge in [-0.25, -0.2) is 14.4 Å². The van der Waals surface area contributed by atoms with Crippen molar-refractivity contribution in [1.82, 2.24) is 9.97 Å². The van der Waals surface area contributed by atoms with Gasteiger partial charge in [-0.15, -0.1) is 0 Å². The van der Waals surface area contributed by atoms with Crippen LogP contribution in [0.4, 0.5) is 16.0 Å². The zero-order valence-corrected chi connectivity index (χ0v) is 17.9. The quantitative estimate of drug-likeness (QED) is 0.666. The molecule has 2 aliphatic heterocycles. The monoisotopic (exact) mass is 446 g/mol. The Balaban J connectivity index is 1.49. The van der Waals surface area contributed by atoms with Crippen molar-refractivity contribution in [3.05, 3.63) is 34.7 Å². The van der Waals surface area contributed by atoms with Gasteiger partial charge in [-0.1, -0.05) is 11.6 Å². The van der Waals surface area contributed by atoms with Crippen LogP contribution in [0.5, 0.6) is 0 Å². The number of rotatable bonds is 3. The SMILES string of the molecule is CC1(O)CCCC2C1=Nc1c(F)cc(-c3nc(N[C@@H]4CCOC[C@H]4O)ncc3Cl)cc12. The number of aliphatic imine (C=N–C) groups is 1. The van der Waals surface area contributed by atoms with E-state index < -0.39 is 17.5 Å². The van der Waals surface area contributed by atoms with Gasteiger partial charge in [-0.3, -0.25) is 4.99 Å². The van der Waals surface area contributed by atoms with Crippen LogP contribution in [0.3, 0.4) is 0 Å². The topological polar surface area (TPSA) is 99.9 Å². The van der Waals surface area contributed by atoms with Crippen molar-refractivity contribution in [3.8, 4) is 11.3 Å². The molecule has 4 atom stereocenters. The van der Waals surface area contributed by atoms with Crippen LogP contribution in [-0.4, -0.2) is 56.9 Å². The molecule has 1 aromatic heterocycles. The van der Waals surface area contributed by atoms with E-state index in [1.807, 2.05) is 6.07 Å². The number of aliphatic hydroxyl groups excluding tert-OH is 1. The summed E-state index contributed by atoms with van der Waals surface area (Å²) in [5.41, 5.74) is 1.59. The lowest BCUT2D eigenvalue weighted by molar-refractivity contribution is -0.0136. The maximum atomic E-state index is 15.0. The third kappa shape index (κ3) is 3.71. The van der Waals surface area contributed by atoms with Gasteiger partial charge in [0.1, 0.15) is 17.1 Å². The Morgan fingerprint density at radius 2 is 2.16 bits per heavy atom. The molecule has 3 heterocycles. The summed E-state index contributed by atoms with van der Waals surface area (Å²) in [5.74, 6) is -0.262. The van der Waals surface area contributed by atoms with E-state index in [1.165, 1.54) is 12.3 Å². The second-order valence-electron chi connectivity index (χ2n) is 8.68. The minimum Gasteiger partial charge on any atom is -0.389 e. The molecule has 1 aliphatic carbocycles. The maximum absolute atomic E-state index is 15.0. The standard InChI is InChI=1S/C22H24ClFN4O3/c1-22(30)5-2-3-12-13-7-11(8-15(24)19(13)27-20(12)22)18-14(23)9-25-21(28-18)26-16-4-6-31-10-17(16)29/h7-9,12,16-17,29-30H,2-6,10H2,1H3,(H,25,26,28)/t12?,16-,17-,22?/m1/s1. The Hall–Kier alpha value is -2.13. The first-order chi connectivity index (χ1) is 14.8. The molecule has 2 unspecified atom stereocenters. The highest BCUT2D eigenvalue weighted by atomic mass is 35.5. The molecule has 31 heavy (non-hydrogen) atoms. The van der Waals surface area contributed by atoms with Gasteiger partial charge < -0.3 is 20.3 Å². The molecule has 9 heteroatoms. The average molecular weight is 447 g/mol. The lowest BCUT2D eigenvalue weighted by Crippen LogP contribution is -2.42. The molecule has 1 saturated carbocycles. The number of fused-ring (bicyclic) bond motifs is 3. The fraction of sp³-hybridized carbons (Fsp3) is 0.500. The molecule has 1 aromatic carbocycles. The van der Waals surface area contributed by atoms with Crippen LogP contribution in [-0.2, 0) is 4.74 Å². The second-order valence-corrected chi connectivity index (χ2v) is 9.09. The molecule has 0 spiro atoms. The minimum absolute atomic E-state index is 0.108. The van der Waals surface area contributed by atoms with E-state index in [-0.39, 0.29) is 18.6 Å². The zero-order chi connectivity index (χ0) is 21.8. The largest absolute Gasteiger partial charge is 0.389 e. The van der Waals surface area contributed by atoms with E-state index >= 15 is 4.39 Å². The smallest absolute Gasteiger partial charge is 0.223 e. The molecule has 1 saturated heterocycles. The van der Waals surface area contributed by atoms with Crippen molar-refractivity contribution in [2.24, 2.45) is 4.99 Å².